The van der Waals surface area contributed by atoms with Crippen molar-refractivity contribution in [1.82, 2.24) is 9.38 Å². The first-order valence-electron chi connectivity index (χ1n) is 9.48. The monoisotopic (exact) mass is 431 g/mol. The van der Waals surface area contributed by atoms with E-state index in [4.69, 9.17) is 19.9 Å². The number of primary amides is 1. The number of hydrogen-bond donors (Lipinski definition) is 1. The van der Waals surface area contributed by atoms with E-state index in [0.29, 0.717) is 34.5 Å². The van der Waals surface area contributed by atoms with Crippen molar-refractivity contribution in [2.24, 2.45) is 5.73 Å². The Morgan fingerprint density at radius 1 is 1.39 bits per heavy atom. The number of ether oxygens (including phenoxy) is 3. The Hall–Kier alpha value is -3.69. The number of nitrogens with two attached hydrogens (primary N) is 1. The molecule has 1 aliphatic rings. The quantitative estimate of drug-likeness (QED) is 0.522. The van der Waals surface area contributed by atoms with E-state index in [2.05, 4.69) is 4.98 Å². The van der Waals surface area contributed by atoms with Crippen molar-refractivity contribution in [2.45, 2.75) is 25.4 Å². The van der Waals surface area contributed by atoms with Crippen LogP contribution in [0.4, 0.5) is 8.78 Å². The Labute approximate surface area is 175 Å². The molecule has 1 amide bonds. The molecule has 2 heterocycles. The van der Waals surface area contributed by atoms with Gasteiger partial charge in [0.2, 0.25) is 0 Å². The van der Waals surface area contributed by atoms with Crippen molar-refractivity contribution < 1.29 is 32.6 Å². The van der Waals surface area contributed by atoms with Gasteiger partial charge in [0.25, 0.3) is 5.91 Å². The van der Waals surface area contributed by atoms with Crippen LogP contribution in [0.25, 0.3) is 16.9 Å². The molecule has 8 nitrogen and oxygen atoms in total. The number of benzene rings is 1. The van der Waals surface area contributed by atoms with E-state index < -0.39 is 12.5 Å². The second-order valence-electron chi connectivity index (χ2n) is 6.97. The molecule has 3 aromatic rings. The number of aromatic nitrogens is 2. The minimum absolute atomic E-state index is 0.0310. The summed E-state index contributed by atoms with van der Waals surface area (Å²) in [6, 6.07) is 4.89. The van der Waals surface area contributed by atoms with Crippen LogP contribution in [0, 0.1) is 0 Å². The normalized spacial score (nSPS) is 13.4. The maximum Gasteiger partial charge on any atom is 0.387 e. The maximum absolute atomic E-state index is 13.3. The fourth-order valence-electron chi connectivity index (χ4n) is 3.63. The molecule has 162 valence electrons. The summed E-state index contributed by atoms with van der Waals surface area (Å²) in [6.07, 6.45) is 5.43. The number of carbonyl (C=O) groups excluding carboxylic acids is 2. The number of alkyl halides is 2. The molecule has 1 fully saturated rings. The van der Waals surface area contributed by atoms with Gasteiger partial charge in [-0.3, -0.25) is 14.0 Å². The average Bonchev–Trinajstić information content (AvgIpc) is 3.49. The Balaban J connectivity index is 1.94. The van der Waals surface area contributed by atoms with Gasteiger partial charge in [-0.1, -0.05) is 0 Å². The first-order chi connectivity index (χ1) is 14.9. The number of pyridine rings is 1. The van der Waals surface area contributed by atoms with E-state index in [1.165, 1.54) is 7.11 Å². The van der Waals surface area contributed by atoms with Gasteiger partial charge in [0.05, 0.1) is 19.0 Å². The molecule has 4 rings (SSSR count). The van der Waals surface area contributed by atoms with Crippen LogP contribution in [0.5, 0.6) is 17.2 Å². The minimum Gasteiger partial charge on any atom is -0.496 e. The summed E-state index contributed by atoms with van der Waals surface area (Å²) in [6.45, 7) is -3.23. The van der Waals surface area contributed by atoms with Gasteiger partial charge < -0.3 is 19.9 Å². The van der Waals surface area contributed by atoms with Gasteiger partial charge in [0.15, 0.2) is 6.29 Å². The number of fused-ring (bicyclic) bond motifs is 1. The van der Waals surface area contributed by atoms with E-state index >= 15 is 0 Å². The van der Waals surface area contributed by atoms with Crippen LogP contribution in [0.15, 0.2) is 30.6 Å². The van der Waals surface area contributed by atoms with Crippen molar-refractivity contribution in [2.75, 3.05) is 13.7 Å². The first-order valence-corrected chi connectivity index (χ1v) is 9.48. The number of hydrogen-bond acceptors (Lipinski definition) is 6. The van der Waals surface area contributed by atoms with Crippen LogP contribution in [0.3, 0.4) is 0 Å². The highest BCUT2D eigenvalue weighted by Gasteiger charge is 2.36. The number of amides is 1. The third-order valence-electron chi connectivity index (χ3n) is 5.02. The topological polar surface area (TPSA) is 105 Å². The highest BCUT2D eigenvalue weighted by molar-refractivity contribution is 6.00. The molecule has 1 aromatic carbocycles. The lowest BCUT2D eigenvalue weighted by Gasteiger charge is -2.20. The third-order valence-corrected chi connectivity index (χ3v) is 5.02. The molecular weight excluding hydrogens is 412 g/mol. The Morgan fingerprint density at radius 2 is 2.16 bits per heavy atom. The molecular formula is C21H19F2N3O5. The van der Waals surface area contributed by atoms with Gasteiger partial charge in [-0.05, 0) is 30.9 Å². The number of imidazole rings is 1. The lowest BCUT2D eigenvalue weighted by Crippen LogP contribution is -2.18. The summed E-state index contributed by atoms with van der Waals surface area (Å²) in [4.78, 5) is 27.0. The summed E-state index contributed by atoms with van der Waals surface area (Å²) >= 11 is 0. The molecule has 0 spiro atoms. The molecule has 2 N–H and O–H groups in total. The largest absolute Gasteiger partial charge is 0.496 e. The van der Waals surface area contributed by atoms with Crippen molar-refractivity contribution in [3.05, 3.63) is 41.7 Å². The maximum atomic E-state index is 13.3. The summed E-state index contributed by atoms with van der Waals surface area (Å²) in [7, 11) is 1.32. The molecule has 0 radical (unpaired) electrons. The van der Waals surface area contributed by atoms with Crippen molar-refractivity contribution >= 4 is 17.8 Å². The third kappa shape index (κ3) is 3.88. The number of nitrogens with zero attached hydrogens (tertiary/aromatic N) is 2. The number of methoxy groups -OCH3 is 1. The van der Waals surface area contributed by atoms with Gasteiger partial charge in [-0.2, -0.15) is 8.78 Å². The molecule has 2 aromatic heterocycles. The van der Waals surface area contributed by atoms with E-state index in [1.54, 1.807) is 35.0 Å². The Bertz CT molecular complexity index is 1160. The van der Waals surface area contributed by atoms with Crippen molar-refractivity contribution in [3.8, 4) is 28.5 Å². The Kier molecular flexibility index (Phi) is 5.45. The number of halogens is 2. The predicted octanol–water partition coefficient (Wildman–Crippen LogP) is 3.17. The second-order valence-corrected chi connectivity index (χ2v) is 6.97. The number of rotatable bonds is 9. The molecule has 0 bridgehead atoms. The number of carbonyl (C=O) groups is 2. The lowest BCUT2D eigenvalue weighted by atomic mass is 9.95. The molecule has 0 saturated heterocycles. The van der Waals surface area contributed by atoms with Gasteiger partial charge in [0.1, 0.15) is 35.1 Å². The molecule has 0 aliphatic heterocycles. The molecule has 0 atom stereocenters. The smallest absolute Gasteiger partial charge is 0.387 e. The zero-order valence-corrected chi connectivity index (χ0v) is 16.5. The van der Waals surface area contributed by atoms with Crippen LogP contribution >= 0.6 is 0 Å². The van der Waals surface area contributed by atoms with E-state index in [1.807, 2.05) is 0 Å². The van der Waals surface area contributed by atoms with Gasteiger partial charge in [-0.15, -0.1) is 0 Å². The highest BCUT2D eigenvalue weighted by atomic mass is 19.3. The van der Waals surface area contributed by atoms with E-state index in [-0.39, 0.29) is 29.6 Å². The van der Waals surface area contributed by atoms with E-state index in [0.717, 1.165) is 12.8 Å². The first kappa shape index (κ1) is 20.6. The minimum atomic E-state index is -3.14. The SMILES string of the molecule is COc1cc(-c2cnc3cc(OCC=O)ccn23)c(C2CC2)c(OC(F)F)c1C(N)=O. The standard InChI is InChI=1S/C21H19F2N3O5/c1-29-15-9-13(14-10-25-16-8-12(30-7-6-27)4-5-26(14)16)17(11-2-3-11)19(31-21(22)23)18(15)20(24)28/h4-6,8-11,21H,2-3,7H2,1H3,(H2,24,28). The van der Waals surface area contributed by atoms with Gasteiger partial charge in [-0.25, -0.2) is 4.98 Å². The fourth-order valence-corrected chi connectivity index (χ4v) is 3.63. The molecule has 10 heteroatoms. The van der Waals surface area contributed by atoms with Crippen LogP contribution in [-0.2, 0) is 4.79 Å². The molecule has 31 heavy (non-hydrogen) atoms. The average molecular weight is 431 g/mol. The van der Waals surface area contributed by atoms with Crippen LogP contribution < -0.4 is 19.9 Å². The fraction of sp³-hybridized carbons (Fsp3) is 0.286. The van der Waals surface area contributed by atoms with Gasteiger partial charge in [0, 0.05) is 23.4 Å². The number of aldehydes is 1. The zero-order chi connectivity index (χ0) is 22.1. The molecule has 0 unspecified atom stereocenters. The van der Waals surface area contributed by atoms with Crippen LogP contribution in [0.2, 0.25) is 0 Å². The summed E-state index contributed by atoms with van der Waals surface area (Å²) < 4.78 is 43.7. The molecule has 1 saturated carbocycles. The van der Waals surface area contributed by atoms with Gasteiger partial charge >= 0.3 is 6.61 Å². The lowest BCUT2D eigenvalue weighted by molar-refractivity contribution is -0.109. The van der Waals surface area contributed by atoms with E-state index in [9.17, 15) is 18.4 Å². The summed E-state index contributed by atoms with van der Waals surface area (Å²) in [5.74, 6) is -0.754. The predicted molar refractivity (Wildman–Crippen MR) is 106 cm³/mol. The highest BCUT2D eigenvalue weighted by Crippen LogP contribution is 2.52. The van der Waals surface area contributed by atoms with Crippen molar-refractivity contribution in [3.63, 3.8) is 0 Å². The Morgan fingerprint density at radius 3 is 2.77 bits per heavy atom. The van der Waals surface area contributed by atoms with Crippen LogP contribution in [0.1, 0.15) is 34.7 Å². The zero-order valence-electron chi connectivity index (χ0n) is 16.5. The van der Waals surface area contributed by atoms with Crippen molar-refractivity contribution in [1.29, 1.82) is 0 Å². The second kappa shape index (κ2) is 8.21. The summed E-state index contributed by atoms with van der Waals surface area (Å²) in [5.41, 5.74) is 7.39. The molecule has 1 aliphatic carbocycles. The van der Waals surface area contributed by atoms with Crippen LogP contribution in [-0.4, -0.2) is 41.9 Å². The summed E-state index contributed by atoms with van der Waals surface area (Å²) in [5, 5.41) is 0.